The third kappa shape index (κ3) is 8.88. The summed E-state index contributed by atoms with van der Waals surface area (Å²) in [5.74, 6) is -1.33. The maximum atomic E-state index is 13.5. The van der Waals surface area contributed by atoms with Crippen molar-refractivity contribution in [1.82, 2.24) is 20.6 Å². The van der Waals surface area contributed by atoms with Crippen molar-refractivity contribution >= 4 is 46.1 Å². The van der Waals surface area contributed by atoms with Gasteiger partial charge in [-0.2, -0.15) is 0 Å². The monoisotopic (exact) mass is 616 g/mol. The van der Waals surface area contributed by atoms with Crippen LogP contribution in [0.15, 0.2) is 66.3 Å². The first-order valence-corrected chi connectivity index (χ1v) is 15.1. The van der Waals surface area contributed by atoms with Crippen molar-refractivity contribution in [3.8, 4) is 10.6 Å². The summed E-state index contributed by atoms with van der Waals surface area (Å²) in [6.07, 6.45) is 2.48. The molecule has 4 aromatic rings. The van der Waals surface area contributed by atoms with Crippen LogP contribution in [0.3, 0.4) is 0 Å². The first-order valence-electron chi connectivity index (χ1n) is 13.0. The summed E-state index contributed by atoms with van der Waals surface area (Å²) < 4.78 is 13.4. The topological polar surface area (TPSA) is 124 Å². The van der Waals surface area contributed by atoms with Crippen LogP contribution < -0.4 is 10.6 Å². The van der Waals surface area contributed by atoms with Crippen molar-refractivity contribution in [3.63, 3.8) is 0 Å². The van der Waals surface area contributed by atoms with E-state index in [1.165, 1.54) is 41.0 Å². The fourth-order valence-corrected chi connectivity index (χ4v) is 5.85. The van der Waals surface area contributed by atoms with E-state index in [2.05, 4.69) is 20.6 Å². The zero-order valence-corrected chi connectivity index (χ0v) is 24.6. The Labute approximate surface area is 250 Å². The average molecular weight is 617 g/mol. The molecule has 2 aromatic carbocycles. The lowest BCUT2D eigenvalue weighted by atomic mass is 10.00. The van der Waals surface area contributed by atoms with Crippen LogP contribution in [-0.4, -0.2) is 50.2 Å². The van der Waals surface area contributed by atoms with Gasteiger partial charge in [-0.1, -0.05) is 35.9 Å². The van der Waals surface area contributed by atoms with Gasteiger partial charge in [0.1, 0.15) is 32.9 Å². The van der Waals surface area contributed by atoms with Gasteiger partial charge >= 0.3 is 0 Å². The number of rotatable bonds is 13. The predicted molar refractivity (Wildman–Crippen MR) is 158 cm³/mol. The maximum Gasteiger partial charge on any atom is 0.263 e. The fourth-order valence-electron chi connectivity index (χ4n) is 4.16. The van der Waals surface area contributed by atoms with Gasteiger partial charge in [-0.05, 0) is 62.4 Å². The lowest BCUT2D eigenvalue weighted by molar-refractivity contribution is -0.125. The Hall–Kier alpha value is -3.22. The Morgan fingerprint density at radius 1 is 1.05 bits per heavy atom. The van der Waals surface area contributed by atoms with Gasteiger partial charge in [-0.3, -0.25) is 9.59 Å². The molecular weight excluding hydrogens is 587 g/mol. The maximum absolute atomic E-state index is 13.5. The predicted octanol–water partition coefficient (Wildman–Crippen LogP) is 5.17. The van der Waals surface area contributed by atoms with Gasteiger partial charge in [0.25, 0.3) is 5.91 Å². The molecule has 2 heterocycles. The molecule has 0 saturated carbocycles. The Kier molecular flexibility index (Phi) is 10.9. The molecule has 2 amide bonds. The van der Waals surface area contributed by atoms with Crippen LogP contribution in [-0.2, 0) is 11.2 Å². The lowest BCUT2D eigenvalue weighted by Crippen LogP contribution is -2.51. The van der Waals surface area contributed by atoms with Gasteiger partial charge in [-0.15, -0.1) is 22.7 Å². The summed E-state index contributed by atoms with van der Waals surface area (Å²) in [7, 11) is 0. The number of nitrogens with one attached hydrogen (secondary N) is 2. The smallest absolute Gasteiger partial charge is 0.263 e. The summed E-state index contributed by atoms with van der Waals surface area (Å²) >= 11 is 8.52. The molecule has 0 bridgehead atoms. The normalized spacial score (nSPS) is 14.2. The molecule has 8 nitrogen and oxygen atoms in total. The summed E-state index contributed by atoms with van der Waals surface area (Å²) in [6.45, 7) is 1.61. The van der Waals surface area contributed by atoms with E-state index in [1.807, 2.05) is 6.07 Å². The molecule has 4 atom stereocenters. The number of aromatic nitrogens is 2. The second kappa shape index (κ2) is 14.6. The number of hydrogen-bond donors (Lipinski definition) is 4. The van der Waals surface area contributed by atoms with Crippen molar-refractivity contribution in [2.24, 2.45) is 0 Å². The van der Waals surface area contributed by atoms with E-state index in [4.69, 9.17) is 11.6 Å². The van der Waals surface area contributed by atoms with Crippen molar-refractivity contribution in [2.45, 2.75) is 56.9 Å². The molecular formula is C29H30ClFN4O4S2. The van der Waals surface area contributed by atoms with Crippen LogP contribution in [0.5, 0.6) is 0 Å². The number of nitrogens with zero attached hydrogens (tertiary/aromatic N) is 2. The number of amides is 2. The standard InChI is InChI=1S/C29H30ClFN4O4S2/c1-17(36)5-11-23(35-27(39)24-16-33-28(41-24)19-3-2-4-20(30)15-19)26(38)34-22(25(37)29-32-13-14-40-29)12-8-18-6-9-21(31)10-7-18/h2-4,6-7,9-10,13-17,22-23,25,36-37H,5,8,11-12H2,1H3,(H,34,38)(H,35,39)/t17?,22-,23-,25?/m0/s1. The second-order valence-electron chi connectivity index (χ2n) is 9.59. The number of benzene rings is 2. The van der Waals surface area contributed by atoms with Crippen LogP contribution >= 0.6 is 34.3 Å². The minimum absolute atomic E-state index is 0.174. The average Bonchev–Trinajstić information content (AvgIpc) is 3.67. The molecule has 2 aromatic heterocycles. The minimum Gasteiger partial charge on any atom is -0.393 e. The first-order chi connectivity index (χ1) is 19.7. The van der Waals surface area contributed by atoms with E-state index in [9.17, 15) is 24.2 Å². The van der Waals surface area contributed by atoms with Gasteiger partial charge < -0.3 is 20.8 Å². The molecule has 0 aliphatic rings. The third-order valence-electron chi connectivity index (χ3n) is 6.37. The molecule has 4 N–H and O–H groups in total. The number of carbonyl (C=O) groups excluding carboxylic acids is 2. The van der Waals surface area contributed by atoms with Crippen molar-refractivity contribution < 1.29 is 24.2 Å². The highest BCUT2D eigenvalue weighted by Crippen LogP contribution is 2.27. The van der Waals surface area contributed by atoms with Crippen LogP contribution in [0.25, 0.3) is 10.6 Å². The lowest BCUT2D eigenvalue weighted by Gasteiger charge is -2.26. The van der Waals surface area contributed by atoms with Crippen LogP contribution in [0.1, 0.15) is 52.5 Å². The van der Waals surface area contributed by atoms with Gasteiger partial charge in [0.2, 0.25) is 5.91 Å². The van der Waals surface area contributed by atoms with Crippen molar-refractivity contribution in [2.75, 3.05) is 0 Å². The Morgan fingerprint density at radius 2 is 1.83 bits per heavy atom. The van der Waals surface area contributed by atoms with E-state index >= 15 is 0 Å². The van der Waals surface area contributed by atoms with Crippen molar-refractivity contribution in [3.05, 3.63) is 92.6 Å². The highest BCUT2D eigenvalue weighted by molar-refractivity contribution is 7.16. The van der Waals surface area contributed by atoms with E-state index in [0.717, 1.165) is 11.1 Å². The van der Waals surface area contributed by atoms with Crippen LogP contribution in [0, 0.1) is 5.82 Å². The van der Waals surface area contributed by atoms with E-state index in [1.54, 1.807) is 48.8 Å². The molecule has 41 heavy (non-hydrogen) atoms. The van der Waals surface area contributed by atoms with Gasteiger partial charge in [-0.25, -0.2) is 14.4 Å². The van der Waals surface area contributed by atoms with Crippen LogP contribution in [0.4, 0.5) is 4.39 Å². The molecule has 0 aliphatic heterocycles. The molecule has 0 aliphatic carbocycles. The number of thiazole rings is 2. The van der Waals surface area contributed by atoms with E-state index < -0.39 is 36.1 Å². The number of aryl methyl sites for hydroxylation is 1. The summed E-state index contributed by atoms with van der Waals surface area (Å²) in [6, 6.07) is 11.4. The molecule has 216 valence electrons. The van der Waals surface area contributed by atoms with Gasteiger partial charge in [0.05, 0.1) is 18.3 Å². The minimum atomic E-state index is -1.09. The SMILES string of the molecule is CC(O)CC[C@H](NC(=O)c1cnc(-c2cccc(Cl)c2)s1)C(=O)N[C@@H](CCc1ccc(F)cc1)C(O)c1nccs1. The third-order valence-corrected chi connectivity index (χ3v) is 8.49. The molecule has 0 fully saturated rings. The molecule has 12 heteroatoms. The fraction of sp³-hybridized carbons (Fsp3) is 0.310. The quantitative estimate of drug-likeness (QED) is 0.164. The summed E-state index contributed by atoms with van der Waals surface area (Å²) in [4.78, 5) is 35.5. The molecule has 0 spiro atoms. The molecule has 0 radical (unpaired) electrons. The molecule has 0 saturated heterocycles. The zero-order valence-electron chi connectivity index (χ0n) is 22.2. The first kappa shape index (κ1) is 30.7. The number of carbonyl (C=O) groups is 2. The molecule has 2 unspecified atom stereocenters. The largest absolute Gasteiger partial charge is 0.393 e. The Morgan fingerprint density at radius 3 is 2.51 bits per heavy atom. The van der Waals surface area contributed by atoms with E-state index in [-0.39, 0.29) is 18.7 Å². The number of halogens is 2. The van der Waals surface area contributed by atoms with Gasteiger partial charge in [0.15, 0.2) is 0 Å². The summed E-state index contributed by atoms with van der Waals surface area (Å²) in [5.41, 5.74) is 1.61. The second-order valence-corrected chi connectivity index (χ2v) is 12.0. The zero-order chi connectivity index (χ0) is 29.4. The number of aliphatic hydroxyl groups excluding tert-OH is 2. The van der Waals surface area contributed by atoms with Gasteiger partial charge in [0, 0.05) is 22.2 Å². The molecule has 4 rings (SSSR count). The van der Waals surface area contributed by atoms with Crippen LogP contribution in [0.2, 0.25) is 5.02 Å². The Balaban J connectivity index is 1.49. The van der Waals surface area contributed by atoms with Crippen molar-refractivity contribution in [1.29, 1.82) is 0 Å². The summed E-state index contributed by atoms with van der Waals surface area (Å²) in [5, 5.41) is 29.9. The number of aliphatic hydroxyl groups is 2. The highest BCUT2D eigenvalue weighted by Gasteiger charge is 2.29. The van der Waals surface area contributed by atoms with E-state index in [0.29, 0.717) is 32.8 Å². The highest BCUT2D eigenvalue weighted by atomic mass is 35.5. The number of hydrogen-bond acceptors (Lipinski definition) is 8. The Bertz CT molecular complexity index is 1430.